The molecular formula is C22H22N2O4S2. The Morgan fingerprint density at radius 1 is 1.17 bits per heavy atom. The molecule has 3 aromatic rings. The van der Waals surface area contributed by atoms with Crippen molar-refractivity contribution in [3.8, 4) is 5.75 Å². The number of rotatable bonds is 5. The molecule has 0 bridgehead atoms. The van der Waals surface area contributed by atoms with Gasteiger partial charge >= 0.3 is 0 Å². The van der Waals surface area contributed by atoms with E-state index < -0.39 is 10.0 Å². The Morgan fingerprint density at radius 2 is 1.93 bits per heavy atom. The molecule has 1 atom stereocenters. The number of ether oxygens (including phenoxy) is 1. The van der Waals surface area contributed by atoms with E-state index in [0.29, 0.717) is 23.5 Å². The Bertz CT molecular complexity index is 1170. The lowest BCUT2D eigenvalue weighted by Gasteiger charge is -2.33. The maximum Gasteiger partial charge on any atom is 0.261 e. The Morgan fingerprint density at radius 3 is 2.67 bits per heavy atom. The van der Waals surface area contributed by atoms with E-state index in [1.54, 1.807) is 59.7 Å². The van der Waals surface area contributed by atoms with E-state index in [0.717, 1.165) is 6.42 Å². The number of thiophene rings is 1. The van der Waals surface area contributed by atoms with Crippen LogP contribution in [0.1, 0.15) is 33.8 Å². The second-order valence-corrected chi connectivity index (χ2v) is 9.77. The molecule has 8 heteroatoms. The number of carbonyl (C=O) groups is 1. The third-order valence-electron chi connectivity index (χ3n) is 5.27. The Balaban J connectivity index is 1.56. The zero-order valence-electron chi connectivity index (χ0n) is 16.7. The first-order valence-electron chi connectivity index (χ1n) is 9.53. The van der Waals surface area contributed by atoms with E-state index in [9.17, 15) is 13.2 Å². The second kappa shape index (κ2) is 8.12. The number of benzene rings is 2. The van der Waals surface area contributed by atoms with Crippen LogP contribution in [0.4, 0.5) is 5.69 Å². The first-order chi connectivity index (χ1) is 14.4. The van der Waals surface area contributed by atoms with Crippen LogP contribution in [0.5, 0.6) is 5.75 Å². The topological polar surface area (TPSA) is 75.7 Å². The average molecular weight is 443 g/mol. The van der Waals surface area contributed by atoms with Crippen molar-refractivity contribution in [3.05, 3.63) is 76.0 Å². The molecule has 0 spiro atoms. The molecule has 1 aliphatic rings. The number of carbonyl (C=O) groups excluding carboxylic acids is 1. The molecule has 0 aliphatic carbocycles. The molecule has 0 fully saturated rings. The number of amides is 1. The third kappa shape index (κ3) is 3.93. The van der Waals surface area contributed by atoms with E-state index in [-0.39, 0.29) is 16.8 Å². The molecule has 0 saturated carbocycles. The lowest BCUT2D eigenvalue weighted by Crippen LogP contribution is -2.38. The molecule has 2 aromatic carbocycles. The van der Waals surface area contributed by atoms with Gasteiger partial charge in [0.2, 0.25) is 0 Å². The monoisotopic (exact) mass is 442 g/mol. The molecule has 0 unspecified atom stereocenters. The molecule has 1 aromatic heterocycles. The van der Waals surface area contributed by atoms with Crippen molar-refractivity contribution in [2.24, 2.45) is 0 Å². The predicted molar refractivity (Wildman–Crippen MR) is 118 cm³/mol. The van der Waals surface area contributed by atoms with Crippen molar-refractivity contribution in [1.29, 1.82) is 0 Å². The highest BCUT2D eigenvalue weighted by molar-refractivity contribution is 7.92. The fourth-order valence-corrected chi connectivity index (χ4v) is 5.69. The van der Waals surface area contributed by atoms with Crippen molar-refractivity contribution >= 4 is 33.0 Å². The lowest BCUT2D eigenvalue weighted by atomic mass is 10.0. The molecule has 1 amide bonds. The first kappa shape index (κ1) is 20.4. The Kier molecular flexibility index (Phi) is 5.53. The minimum atomic E-state index is -3.83. The van der Waals surface area contributed by atoms with Crippen LogP contribution in [-0.2, 0) is 16.4 Å². The van der Waals surface area contributed by atoms with Gasteiger partial charge < -0.3 is 9.64 Å². The molecule has 1 aliphatic heterocycles. The summed E-state index contributed by atoms with van der Waals surface area (Å²) in [5, 5.41) is 2.05. The van der Waals surface area contributed by atoms with Gasteiger partial charge in [-0.2, -0.15) is 0 Å². The highest BCUT2D eigenvalue weighted by Crippen LogP contribution is 2.34. The number of sulfonamides is 1. The predicted octanol–water partition coefficient (Wildman–Crippen LogP) is 4.32. The van der Waals surface area contributed by atoms with Crippen LogP contribution < -0.4 is 9.46 Å². The van der Waals surface area contributed by atoms with E-state index >= 15 is 0 Å². The van der Waals surface area contributed by atoms with Gasteiger partial charge in [-0.15, -0.1) is 11.3 Å². The Hall–Kier alpha value is -2.84. The van der Waals surface area contributed by atoms with Crippen LogP contribution in [0.3, 0.4) is 0 Å². The average Bonchev–Trinajstić information content (AvgIpc) is 3.24. The van der Waals surface area contributed by atoms with Crippen molar-refractivity contribution in [2.45, 2.75) is 24.3 Å². The number of anilines is 1. The lowest BCUT2D eigenvalue weighted by molar-refractivity contribution is 0.0679. The molecule has 0 saturated heterocycles. The highest BCUT2D eigenvalue weighted by Gasteiger charge is 2.29. The van der Waals surface area contributed by atoms with Crippen molar-refractivity contribution < 1.29 is 17.9 Å². The summed E-state index contributed by atoms with van der Waals surface area (Å²) in [7, 11) is -2.29. The van der Waals surface area contributed by atoms with Crippen LogP contribution in [0.15, 0.2) is 64.9 Å². The van der Waals surface area contributed by atoms with Crippen molar-refractivity contribution in [3.63, 3.8) is 0 Å². The SMILES string of the molecule is COc1ccc(NS(=O)(=O)c2cccc(C(=O)N3CCc4sccc4[C@H]3C)c2)cc1. The molecule has 1 N–H and O–H groups in total. The Labute approximate surface area is 180 Å². The van der Waals surface area contributed by atoms with Crippen molar-refractivity contribution in [1.82, 2.24) is 4.90 Å². The van der Waals surface area contributed by atoms with Gasteiger partial charge in [0.1, 0.15) is 5.75 Å². The molecule has 156 valence electrons. The smallest absolute Gasteiger partial charge is 0.261 e. The summed E-state index contributed by atoms with van der Waals surface area (Å²) in [4.78, 5) is 16.3. The first-order valence-corrected chi connectivity index (χ1v) is 11.9. The van der Waals surface area contributed by atoms with Gasteiger partial charge in [0, 0.05) is 22.7 Å². The standard InChI is InChI=1S/C22H22N2O4S2/c1-15-20-11-13-29-21(20)10-12-24(15)22(25)16-4-3-5-19(14-16)30(26,27)23-17-6-8-18(28-2)9-7-17/h3-9,11,13-15,23H,10,12H2,1-2H3/t15-/m1/s1. The van der Waals surface area contributed by atoms with Crippen LogP contribution >= 0.6 is 11.3 Å². The maximum absolute atomic E-state index is 13.2. The number of fused-ring (bicyclic) bond motifs is 1. The summed E-state index contributed by atoms with van der Waals surface area (Å²) >= 11 is 1.71. The number of nitrogens with one attached hydrogen (secondary N) is 1. The van der Waals surface area contributed by atoms with Gasteiger partial charge in [0.05, 0.1) is 18.0 Å². The molecular weight excluding hydrogens is 420 g/mol. The van der Waals surface area contributed by atoms with Gasteiger partial charge in [0.25, 0.3) is 15.9 Å². The highest BCUT2D eigenvalue weighted by atomic mass is 32.2. The quantitative estimate of drug-likeness (QED) is 0.639. The number of hydrogen-bond acceptors (Lipinski definition) is 5. The van der Waals surface area contributed by atoms with Crippen LogP contribution in [0.2, 0.25) is 0 Å². The van der Waals surface area contributed by atoms with Gasteiger partial charge in [0.15, 0.2) is 0 Å². The summed E-state index contributed by atoms with van der Waals surface area (Å²) in [6.45, 7) is 2.63. The molecule has 2 heterocycles. The van der Waals surface area contributed by atoms with Gasteiger partial charge in [-0.25, -0.2) is 8.42 Å². The maximum atomic E-state index is 13.2. The summed E-state index contributed by atoms with van der Waals surface area (Å²) in [6, 6.07) is 14.8. The third-order valence-corrected chi connectivity index (χ3v) is 7.65. The summed E-state index contributed by atoms with van der Waals surface area (Å²) in [6.07, 6.45) is 0.820. The van der Waals surface area contributed by atoms with Gasteiger partial charge in [-0.05, 0) is 72.8 Å². The number of hydrogen-bond donors (Lipinski definition) is 1. The fraction of sp³-hybridized carbons (Fsp3) is 0.227. The normalized spacial score (nSPS) is 16.1. The zero-order chi connectivity index (χ0) is 21.3. The number of methoxy groups -OCH3 is 1. The summed E-state index contributed by atoms with van der Waals surface area (Å²) in [5.74, 6) is 0.468. The molecule has 4 rings (SSSR count). The van der Waals surface area contributed by atoms with Crippen LogP contribution in [0.25, 0.3) is 0 Å². The summed E-state index contributed by atoms with van der Waals surface area (Å²) in [5.41, 5.74) is 1.95. The zero-order valence-corrected chi connectivity index (χ0v) is 18.3. The second-order valence-electron chi connectivity index (χ2n) is 7.09. The van der Waals surface area contributed by atoms with Crippen LogP contribution in [0, 0.1) is 0 Å². The minimum absolute atomic E-state index is 0.0369. The van der Waals surface area contributed by atoms with E-state index in [1.807, 2.05) is 12.3 Å². The van der Waals surface area contributed by atoms with E-state index in [1.165, 1.54) is 22.6 Å². The minimum Gasteiger partial charge on any atom is -0.497 e. The van der Waals surface area contributed by atoms with Gasteiger partial charge in [-0.3, -0.25) is 9.52 Å². The number of nitrogens with zero attached hydrogens (tertiary/aromatic N) is 1. The van der Waals surface area contributed by atoms with Crippen molar-refractivity contribution in [2.75, 3.05) is 18.4 Å². The summed E-state index contributed by atoms with van der Waals surface area (Å²) < 4.78 is 33.3. The van der Waals surface area contributed by atoms with Crippen LogP contribution in [-0.4, -0.2) is 32.9 Å². The molecule has 0 radical (unpaired) electrons. The van der Waals surface area contributed by atoms with E-state index in [2.05, 4.69) is 10.8 Å². The fourth-order valence-electron chi connectivity index (χ4n) is 3.62. The van der Waals surface area contributed by atoms with Gasteiger partial charge in [-0.1, -0.05) is 6.07 Å². The molecule has 6 nitrogen and oxygen atoms in total. The largest absolute Gasteiger partial charge is 0.497 e. The molecule has 30 heavy (non-hydrogen) atoms. The van der Waals surface area contributed by atoms with E-state index in [4.69, 9.17) is 4.74 Å².